The summed E-state index contributed by atoms with van der Waals surface area (Å²) in [5.74, 6) is 0.845. The van der Waals surface area contributed by atoms with Crippen LogP contribution in [0.4, 0.5) is 11.5 Å². The number of aromatic nitrogens is 1. The number of hydrogen-bond donors (Lipinski definition) is 0. The molecule has 0 spiro atoms. The number of rotatable bonds is 7. The van der Waals surface area contributed by atoms with Crippen molar-refractivity contribution < 1.29 is 14.3 Å². The number of carbonyl (C=O) groups excluding carboxylic acids is 2. The number of ether oxygens (including phenoxy) is 1. The lowest BCUT2D eigenvalue weighted by molar-refractivity contribution is -0.128. The van der Waals surface area contributed by atoms with E-state index < -0.39 is 0 Å². The molecule has 3 heterocycles. The normalized spacial score (nSPS) is 19.3. The second kappa shape index (κ2) is 10.2. The van der Waals surface area contributed by atoms with Crippen LogP contribution in [0.3, 0.4) is 0 Å². The third-order valence-electron chi connectivity index (χ3n) is 6.43. The van der Waals surface area contributed by atoms with Crippen molar-refractivity contribution in [1.82, 2.24) is 14.9 Å². The van der Waals surface area contributed by atoms with Gasteiger partial charge in [-0.05, 0) is 62.2 Å². The summed E-state index contributed by atoms with van der Waals surface area (Å²) < 4.78 is 4.78. The number of anilines is 2. The highest BCUT2D eigenvalue weighted by Crippen LogP contribution is 2.28. The zero-order valence-corrected chi connectivity index (χ0v) is 19.7. The second-order valence-electron chi connectivity index (χ2n) is 8.83. The molecule has 33 heavy (non-hydrogen) atoms. The van der Waals surface area contributed by atoms with Crippen LogP contribution in [-0.4, -0.2) is 79.2 Å². The van der Waals surface area contributed by atoms with Crippen molar-refractivity contribution in [2.75, 3.05) is 56.3 Å². The lowest BCUT2D eigenvalue weighted by Crippen LogP contribution is -2.48. The van der Waals surface area contributed by atoms with Gasteiger partial charge in [0.2, 0.25) is 5.91 Å². The summed E-state index contributed by atoms with van der Waals surface area (Å²) in [7, 11) is 1.37. The molecule has 0 bridgehead atoms. The molecule has 2 fully saturated rings. The van der Waals surface area contributed by atoms with Gasteiger partial charge in [-0.3, -0.25) is 19.7 Å². The summed E-state index contributed by atoms with van der Waals surface area (Å²) in [6.45, 7) is 9.73. The molecular formula is C25H33N5O3. The summed E-state index contributed by atoms with van der Waals surface area (Å²) >= 11 is 0. The smallest absolute Gasteiger partial charge is 0.337 e. The number of benzene rings is 1. The van der Waals surface area contributed by atoms with Gasteiger partial charge in [0.25, 0.3) is 0 Å². The molecule has 8 nitrogen and oxygen atoms in total. The van der Waals surface area contributed by atoms with E-state index in [4.69, 9.17) is 4.74 Å². The minimum atomic E-state index is -0.359. The predicted molar refractivity (Wildman–Crippen MR) is 128 cm³/mol. The largest absolute Gasteiger partial charge is 0.465 e. The van der Waals surface area contributed by atoms with Crippen LogP contribution in [0.15, 0.2) is 42.6 Å². The summed E-state index contributed by atoms with van der Waals surface area (Å²) in [5.41, 5.74) is 2.66. The summed E-state index contributed by atoms with van der Waals surface area (Å²) in [6.07, 6.45) is 3.29. The maximum Gasteiger partial charge on any atom is 0.337 e. The molecule has 1 aromatic carbocycles. The molecule has 0 saturated carbocycles. The van der Waals surface area contributed by atoms with Crippen molar-refractivity contribution in [3.05, 3.63) is 53.7 Å². The minimum Gasteiger partial charge on any atom is -0.465 e. The van der Waals surface area contributed by atoms with Crippen molar-refractivity contribution in [3.63, 3.8) is 0 Å². The van der Waals surface area contributed by atoms with Gasteiger partial charge in [0, 0.05) is 45.5 Å². The van der Waals surface area contributed by atoms with E-state index in [0.29, 0.717) is 18.5 Å². The summed E-state index contributed by atoms with van der Waals surface area (Å²) in [4.78, 5) is 33.7. The molecule has 2 saturated heterocycles. The Labute approximate surface area is 195 Å². The number of hydrogen-bond acceptors (Lipinski definition) is 7. The predicted octanol–water partition coefficient (Wildman–Crippen LogP) is 2.73. The van der Waals surface area contributed by atoms with Gasteiger partial charge in [-0.1, -0.05) is 0 Å². The second-order valence-corrected chi connectivity index (χ2v) is 8.83. The van der Waals surface area contributed by atoms with Crippen molar-refractivity contribution in [2.45, 2.75) is 32.7 Å². The van der Waals surface area contributed by atoms with Crippen LogP contribution >= 0.6 is 0 Å². The number of carbonyl (C=O) groups is 2. The Bertz CT molecular complexity index is 972. The lowest BCUT2D eigenvalue weighted by atomic mass is 10.2. The van der Waals surface area contributed by atoms with E-state index in [0.717, 1.165) is 50.6 Å². The molecule has 2 aliphatic rings. The Balaban J connectivity index is 1.30. The molecule has 2 aromatic rings. The molecule has 0 N–H and O–H groups in total. The molecule has 0 aliphatic carbocycles. The van der Waals surface area contributed by atoms with Crippen LogP contribution in [0.1, 0.15) is 35.7 Å². The maximum absolute atomic E-state index is 12.7. The molecule has 8 heteroatoms. The molecular weight excluding hydrogens is 418 g/mol. The Morgan fingerprint density at radius 3 is 2.48 bits per heavy atom. The number of hydrazine groups is 1. The lowest BCUT2D eigenvalue weighted by Gasteiger charge is -2.36. The molecule has 2 aliphatic heterocycles. The molecule has 1 unspecified atom stereocenters. The summed E-state index contributed by atoms with van der Waals surface area (Å²) in [6, 6.07) is 11.5. The van der Waals surface area contributed by atoms with Gasteiger partial charge in [0.15, 0.2) is 0 Å². The maximum atomic E-state index is 12.7. The Morgan fingerprint density at radius 1 is 1.09 bits per heavy atom. The van der Waals surface area contributed by atoms with Gasteiger partial charge in [0.1, 0.15) is 5.82 Å². The van der Waals surface area contributed by atoms with E-state index in [1.54, 1.807) is 12.1 Å². The average molecular weight is 452 g/mol. The molecule has 1 atom stereocenters. The van der Waals surface area contributed by atoms with Gasteiger partial charge in [-0.25, -0.2) is 9.78 Å². The zero-order chi connectivity index (χ0) is 23.4. The fraction of sp³-hybridized carbons (Fsp3) is 0.480. The fourth-order valence-corrected chi connectivity index (χ4v) is 4.63. The fourth-order valence-electron chi connectivity index (χ4n) is 4.63. The van der Waals surface area contributed by atoms with Gasteiger partial charge in [-0.15, -0.1) is 0 Å². The first kappa shape index (κ1) is 23.0. The zero-order valence-electron chi connectivity index (χ0n) is 19.7. The quantitative estimate of drug-likeness (QED) is 0.600. The molecule has 1 amide bonds. The van der Waals surface area contributed by atoms with Crippen molar-refractivity contribution in [1.29, 1.82) is 0 Å². The Kier molecular flexibility index (Phi) is 7.13. The number of amides is 1. The van der Waals surface area contributed by atoms with E-state index in [9.17, 15) is 9.59 Å². The van der Waals surface area contributed by atoms with Crippen molar-refractivity contribution >= 4 is 23.4 Å². The highest BCUT2D eigenvalue weighted by atomic mass is 16.5. The topological polar surface area (TPSA) is 69.2 Å². The van der Waals surface area contributed by atoms with Crippen molar-refractivity contribution in [2.24, 2.45) is 0 Å². The number of methoxy groups -OCH3 is 1. The van der Waals surface area contributed by atoms with Crippen molar-refractivity contribution in [3.8, 4) is 0 Å². The third-order valence-corrected chi connectivity index (χ3v) is 6.43. The highest BCUT2D eigenvalue weighted by molar-refractivity contribution is 5.90. The van der Waals surface area contributed by atoms with Gasteiger partial charge in [-0.2, -0.15) is 0 Å². The van der Waals surface area contributed by atoms with Gasteiger partial charge >= 0.3 is 5.97 Å². The Morgan fingerprint density at radius 2 is 1.82 bits per heavy atom. The molecule has 176 valence electrons. The molecule has 4 rings (SSSR count). The van der Waals surface area contributed by atoms with Crippen LogP contribution in [0.2, 0.25) is 0 Å². The van der Waals surface area contributed by atoms with E-state index in [-0.39, 0.29) is 17.9 Å². The Hall–Kier alpha value is -3.13. The number of pyridine rings is 1. The van der Waals surface area contributed by atoms with E-state index in [2.05, 4.69) is 39.7 Å². The van der Waals surface area contributed by atoms with Gasteiger partial charge < -0.3 is 9.64 Å². The standard InChI is InChI=1S/C25H33N5O3/c1-19-9-10-26-23(17-19)28-15-13-27(14-16-28)11-4-12-29-24(31)18-20(2)30(29)22-7-5-21(6-8-22)25(32)33-3/h5-10,17,20H,4,11-16,18H2,1-3H3. The third kappa shape index (κ3) is 5.27. The first-order chi connectivity index (χ1) is 16.0. The number of nitrogens with zero attached hydrogens (tertiary/aromatic N) is 5. The molecule has 1 aromatic heterocycles. The number of esters is 1. The van der Waals surface area contributed by atoms with E-state index >= 15 is 0 Å². The molecule has 0 radical (unpaired) electrons. The first-order valence-corrected chi connectivity index (χ1v) is 11.6. The van der Waals surface area contributed by atoms with Gasteiger partial charge in [0.05, 0.1) is 30.8 Å². The van der Waals surface area contributed by atoms with Crippen LogP contribution < -0.4 is 9.91 Å². The number of piperazine rings is 1. The minimum absolute atomic E-state index is 0.0897. The first-order valence-electron chi connectivity index (χ1n) is 11.6. The van der Waals surface area contributed by atoms with Crippen LogP contribution in [-0.2, 0) is 9.53 Å². The highest BCUT2D eigenvalue weighted by Gasteiger charge is 2.35. The van der Waals surface area contributed by atoms with Crippen LogP contribution in [0.5, 0.6) is 0 Å². The monoisotopic (exact) mass is 451 g/mol. The van der Waals surface area contributed by atoms with E-state index in [1.165, 1.54) is 12.7 Å². The summed E-state index contributed by atoms with van der Waals surface area (Å²) in [5, 5.41) is 3.93. The van der Waals surface area contributed by atoms with Crippen LogP contribution in [0, 0.1) is 6.92 Å². The van der Waals surface area contributed by atoms with Crippen LogP contribution in [0.25, 0.3) is 0 Å². The van der Waals surface area contributed by atoms with E-state index in [1.807, 2.05) is 29.4 Å². The SMILES string of the molecule is COC(=O)c1ccc(N2C(C)CC(=O)N2CCCN2CCN(c3cc(C)ccn3)CC2)cc1. The number of aryl methyl sites for hydroxylation is 1. The average Bonchev–Trinajstić information content (AvgIpc) is 3.11.